The first kappa shape index (κ1) is 13.3. The fourth-order valence-electron chi connectivity index (χ4n) is 2.33. The Hall–Kier alpha value is -2.73. The Balaban J connectivity index is 1.95. The third kappa shape index (κ3) is 2.15. The molecular weight excluding hydrogens is 276 g/mol. The summed E-state index contributed by atoms with van der Waals surface area (Å²) < 4.78 is 5.23. The van der Waals surface area contributed by atoms with E-state index in [1.165, 1.54) is 12.1 Å². The first-order chi connectivity index (χ1) is 9.89. The Morgan fingerprint density at radius 2 is 1.67 bits per heavy atom. The van der Waals surface area contributed by atoms with E-state index in [-0.39, 0.29) is 29.2 Å². The van der Waals surface area contributed by atoms with Crippen LogP contribution in [-0.4, -0.2) is 32.0 Å². The molecule has 0 bridgehead atoms. The normalized spacial score (nSPS) is 20.1. The molecule has 0 saturated heterocycles. The second-order valence-corrected chi connectivity index (χ2v) is 4.90. The van der Waals surface area contributed by atoms with Gasteiger partial charge in [0, 0.05) is 18.6 Å². The number of fused-ring (bicyclic) bond motifs is 1. The van der Waals surface area contributed by atoms with Crippen LogP contribution in [0.5, 0.6) is 23.0 Å². The lowest BCUT2D eigenvalue weighted by atomic mass is 9.98. The van der Waals surface area contributed by atoms with E-state index in [0.717, 1.165) is 12.1 Å². The maximum Gasteiger partial charge on any atom is 0.277 e. The van der Waals surface area contributed by atoms with E-state index in [1.54, 1.807) is 12.1 Å². The van der Waals surface area contributed by atoms with Gasteiger partial charge in [-0.3, -0.25) is 4.79 Å². The summed E-state index contributed by atoms with van der Waals surface area (Å²) >= 11 is 0. The molecule has 0 radical (unpaired) electrons. The molecule has 6 nitrogen and oxygen atoms in total. The second kappa shape index (κ2) is 4.39. The molecule has 6 heteroatoms. The summed E-state index contributed by atoms with van der Waals surface area (Å²) in [7, 11) is 0. The largest absolute Gasteiger partial charge is 0.508 e. The average molecular weight is 288 g/mol. The molecule has 3 rings (SSSR count). The Bertz CT molecular complexity index is 722. The lowest BCUT2D eigenvalue weighted by Gasteiger charge is -2.20. The highest BCUT2D eigenvalue weighted by Crippen LogP contribution is 2.42. The maximum absolute atomic E-state index is 12.3. The minimum absolute atomic E-state index is 0.0651. The van der Waals surface area contributed by atoms with Gasteiger partial charge in [-0.2, -0.15) is 0 Å². The van der Waals surface area contributed by atoms with E-state index in [4.69, 9.17) is 4.74 Å². The van der Waals surface area contributed by atoms with Crippen molar-refractivity contribution in [3.05, 3.63) is 47.5 Å². The summed E-state index contributed by atoms with van der Waals surface area (Å²) in [6.45, 7) is 0. The van der Waals surface area contributed by atoms with Gasteiger partial charge in [-0.1, -0.05) is 12.1 Å². The minimum Gasteiger partial charge on any atom is -0.508 e. The molecular formula is C15H12O6. The Labute approximate surface area is 119 Å². The molecule has 2 aromatic rings. The van der Waals surface area contributed by atoms with Crippen LogP contribution in [-0.2, 0) is 6.42 Å². The van der Waals surface area contributed by atoms with E-state index in [9.17, 15) is 25.2 Å². The second-order valence-electron chi connectivity index (χ2n) is 4.90. The van der Waals surface area contributed by atoms with Crippen molar-refractivity contribution >= 4 is 5.78 Å². The number of Topliss-reactive ketones (excluding diaryl/α,β-unsaturated/α-hetero) is 1. The molecule has 4 N–H and O–H groups in total. The van der Waals surface area contributed by atoms with E-state index in [2.05, 4.69) is 0 Å². The molecule has 0 aliphatic carbocycles. The van der Waals surface area contributed by atoms with Crippen molar-refractivity contribution in [2.45, 2.75) is 12.2 Å². The molecule has 2 aromatic carbocycles. The lowest BCUT2D eigenvalue weighted by molar-refractivity contribution is -0.0889. The van der Waals surface area contributed by atoms with Crippen molar-refractivity contribution in [2.75, 3.05) is 0 Å². The van der Waals surface area contributed by atoms with Crippen LogP contribution in [0.3, 0.4) is 0 Å². The zero-order valence-electron chi connectivity index (χ0n) is 10.8. The molecule has 0 saturated carbocycles. The quantitative estimate of drug-likeness (QED) is 0.663. The van der Waals surface area contributed by atoms with Crippen LogP contribution in [0, 0.1) is 0 Å². The van der Waals surface area contributed by atoms with Gasteiger partial charge in [-0.15, -0.1) is 0 Å². The Kier molecular flexibility index (Phi) is 2.77. The average Bonchev–Trinajstić information content (AvgIpc) is 2.64. The number of carbonyl (C=O) groups is 1. The van der Waals surface area contributed by atoms with E-state index in [0.29, 0.717) is 5.56 Å². The first-order valence-electron chi connectivity index (χ1n) is 6.19. The van der Waals surface area contributed by atoms with Gasteiger partial charge in [0.1, 0.15) is 28.6 Å². The SMILES string of the molecule is O=C1c2c(O)cc(O)cc2O[C@]1(O)Cc1ccc(O)cc1. The number of carbonyl (C=O) groups excluding carboxylic acids is 1. The number of phenols is 3. The zero-order valence-corrected chi connectivity index (χ0v) is 10.8. The van der Waals surface area contributed by atoms with Crippen LogP contribution in [0.15, 0.2) is 36.4 Å². The zero-order chi connectivity index (χ0) is 15.2. The minimum atomic E-state index is -2.15. The lowest BCUT2D eigenvalue weighted by Crippen LogP contribution is -2.42. The predicted octanol–water partition coefficient (Wildman–Crippen LogP) is 1.31. The van der Waals surface area contributed by atoms with Crippen LogP contribution in [0.1, 0.15) is 15.9 Å². The number of benzene rings is 2. The molecule has 1 aliphatic rings. The number of ether oxygens (including phenoxy) is 1. The predicted molar refractivity (Wildman–Crippen MR) is 71.5 cm³/mol. The van der Waals surface area contributed by atoms with Crippen molar-refractivity contribution in [1.29, 1.82) is 0 Å². The fourth-order valence-corrected chi connectivity index (χ4v) is 2.33. The summed E-state index contributed by atoms with van der Waals surface area (Å²) in [4.78, 5) is 12.3. The molecule has 1 heterocycles. The number of ketones is 1. The van der Waals surface area contributed by atoms with E-state index >= 15 is 0 Å². The monoisotopic (exact) mass is 288 g/mol. The van der Waals surface area contributed by atoms with Crippen molar-refractivity contribution < 1.29 is 30.0 Å². The summed E-state index contributed by atoms with van der Waals surface area (Å²) in [5.41, 5.74) is 0.411. The molecule has 0 amide bonds. The number of hydrogen-bond acceptors (Lipinski definition) is 6. The highest BCUT2D eigenvalue weighted by atomic mass is 16.6. The van der Waals surface area contributed by atoms with Gasteiger partial charge in [0.05, 0.1) is 0 Å². The highest BCUT2D eigenvalue weighted by Gasteiger charge is 2.48. The summed E-state index contributed by atoms with van der Waals surface area (Å²) in [6, 6.07) is 8.10. The third-order valence-corrected chi connectivity index (χ3v) is 3.31. The summed E-state index contributed by atoms with van der Waals surface area (Å²) in [6.07, 6.45) is -0.152. The molecule has 1 aliphatic heterocycles. The third-order valence-electron chi connectivity index (χ3n) is 3.31. The number of hydrogen-bond donors (Lipinski definition) is 4. The van der Waals surface area contributed by atoms with Crippen molar-refractivity contribution in [1.82, 2.24) is 0 Å². The van der Waals surface area contributed by atoms with Crippen LogP contribution >= 0.6 is 0 Å². The first-order valence-corrected chi connectivity index (χ1v) is 6.19. The van der Waals surface area contributed by atoms with Gasteiger partial charge in [0.15, 0.2) is 0 Å². The Morgan fingerprint density at radius 3 is 2.33 bits per heavy atom. The van der Waals surface area contributed by atoms with Gasteiger partial charge in [-0.05, 0) is 17.7 Å². The topological polar surface area (TPSA) is 107 Å². The molecule has 108 valence electrons. The Morgan fingerprint density at radius 1 is 1.00 bits per heavy atom. The standard InChI is InChI=1S/C15H12O6/c16-9-3-1-8(2-4-9)7-15(20)14(19)13-11(18)5-10(17)6-12(13)21-15/h1-6,16-18,20H,7H2/t15-/m1/s1. The number of phenolic OH excluding ortho intramolecular Hbond substituents is 3. The molecule has 0 aromatic heterocycles. The number of aromatic hydroxyl groups is 3. The molecule has 1 atom stereocenters. The summed E-state index contributed by atoms with van der Waals surface area (Å²) in [5, 5.41) is 38.7. The van der Waals surface area contributed by atoms with Crippen molar-refractivity contribution in [3.63, 3.8) is 0 Å². The van der Waals surface area contributed by atoms with Gasteiger partial charge in [0.25, 0.3) is 5.79 Å². The van der Waals surface area contributed by atoms with Crippen LogP contribution < -0.4 is 4.74 Å². The molecule has 0 spiro atoms. The fraction of sp³-hybridized carbons (Fsp3) is 0.133. The molecule has 21 heavy (non-hydrogen) atoms. The van der Waals surface area contributed by atoms with Gasteiger partial charge < -0.3 is 25.2 Å². The van der Waals surface area contributed by atoms with Gasteiger partial charge in [-0.25, -0.2) is 0 Å². The van der Waals surface area contributed by atoms with E-state index in [1.807, 2.05) is 0 Å². The number of aliphatic hydroxyl groups is 1. The molecule has 0 fully saturated rings. The van der Waals surface area contributed by atoms with Gasteiger partial charge in [0.2, 0.25) is 5.78 Å². The van der Waals surface area contributed by atoms with Gasteiger partial charge >= 0.3 is 0 Å². The van der Waals surface area contributed by atoms with Crippen molar-refractivity contribution in [3.8, 4) is 23.0 Å². The van der Waals surface area contributed by atoms with Crippen LogP contribution in [0.4, 0.5) is 0 Å². The van der Waals surface area contributed by atoms with E-state index < -0.39 is 17.3 Å². The van der Waals surface area contributed by atoms with Crippen LogP contribution in [0.2, 0.25) is 0 Å². The smallest absolute Gasteiger partial charge is 0.277 e. The highest BCUT2D eigenvalue weighted by molar-refractivity contribution is 6.08. The summed E-state index contributed by atoms with van der Waals surface area (Å²) in [5.74, 6) is -3.65. The maximum atomic E-state index is 12.3. The molecule has 0 unspecified atom stereocenters. The van der Waals surface area contributed by atoms with Crippen LogP contribution in [0.25, 0.3) is 0 Å². The number of rotatable bonds is 2. The van der Waals surface area contributed by atoms with Crippen molar-refractivity contribution in [2.24, 2.45) is 0 Å².